The average molecular weight is 233 g/mol. The summed E-state index contributed by atoms with van der Waals surface area (Å²) >= 11 is 0. The molecule has 1 aliphatic carbocycles. The van der Waals surface area contributed by atoms with Gasteiger partial charge in [-0.05, 0) is 37.0 Å². The molecule has 0 bridgehead atoms. The highest BCUT2D eigenvalue weighted by Crippen LogP contribution is 2.32. The zero-order chi connectivity index (χ0) is 12.4. The molecule has 0 saturated carbocycles. The van der Waals surface area contributed by atoms with Gasteiger partial charge in [0.2, 0.25) is 0 Å². The Morgan fingerprint density at radius 1 is 1.35 bits per heavy atom. The number of hydrogen-bond donors (Lipinski definition) is 0. The zero-order valence-electron chi connectivity index (χ0n) is 10.2. The maximum atomic E-state index is 10.8. The van der Waals surface area contributed by atoms with Crippen LogP contribution in [0.4, 0.5) is 0 Å². The summed E-state index contributed by atoms with van der Waals surface area (Å²) in [6.45, 7) is 3.37. The maximum absolute atomic E-state index is 10.8. The Balaban J connectivity index is 2.42. The highest BCUT2D eigenvalue weighted by Gasteiger charge is 2.23. The van der Waals surface area contributed by atoms with Gasteiger partial charge in [-0.15, -0.1) is 0 Å². The SMILES string of the molecule is COc1cc(C)cc2c1/C(=N\OC(C)=O)CC2. The van der Waals surface area contributed by atoms with Crippen molar-refractivity contribution in [3.63, 3.8) is 0 Å². The molecule has 0 amide bonds. The molecular weight excluding hydrogens is 218 g/mol. The van der Waals surface area contributed by atoms with Crippen molar-refractivity contribution in [2.45, 2.75) is 26.7 Å². The largest absolute Gasteiger partial charge is 0.496 e. The Kier molecular flexibility index (Phi) is 3.13. The molecule has 4 nitrogen and oxygen atoms in total. The molecule has 0 aliphatic heterocycles. The summed E-state index contributed by atoms with van der Waals surface area (Å²) in [7, 11) is 1.64. The van der Waals surface area contributed by atoms with Crippen molar-refractivity contribution in [2.75, 3.05) is 7.11 Å². The molecule has 0 N–H and O–H groups in total. The molecule has 0 unspecified atom stereocenters. The lowest BCUT2D eigenvalue weighted by atomic mass is 10.1. The predicted molar refractivity (Wildman–Crippen MR) is 64.4 cm³/mol. The van der Waals surface area contributed by atoms with Crippen LogP contribution in [0.15, 0.2) is 17.3 Å². The maximum Gasteiger partial charge on any atom is 0.331 e. The van der Waals surface area contributed by atoms with Crippen LogP contribution < -0.4 is 4.74 Å². The third-order valence-corrected chi connectivity index (χ3v) is 2.75. The molecule has 0 fully saturated rings. The molecule has 1 aromatic rings. The van der Waals surface area contributed by atoms with E-state index < -0.39 is 5.97 Å². The van der Waals surface area contributed by atoms with Crippen LogP contribution in [0.3, 0.4) is 0 Å². The van der Waals surface area contributed by atoms with Gasteiger partial charge in [0, 0.05) is 12.5 Å². The van der Waals surface area contributed by atoms with E-state index in [1.807, 2.05) is 13.0 Å². The lowest BCUT2D eigenvalue weighted by Gasteiger charge is -2.08. The van der Waals surface area contributed by atoms with Gasteiger partial charge in [0.25, 0.3) is 0 Å². The van der Waals surface area contributed by atoms with Gasteiger partial charge in [0.15, 0.2) is 0 Å². The van der Waals surface area contributed by atoms with Crippen LogP contribution >= 0.6 is 0 Å². The summed E-state index contributed by atoms with van der Waals surface area (Å²) in [5.74, 6) is 0.389. The van der Waals surface area contributed by atoms with Crippen molar-refractivity contribution in [3.05, 3.63) is 28.8 Å². The minimum atomic E-state index is -0.406. The monoisotopic (exact) mass is 233 g/mol. The van der Waals surface area contributed by atoms with Crippen LogP contribution in [0.2, 0.25) is 0 Å². The van der Waals surface area contributed by atoms with Gasteiger partial charge >= 0.3 is 5.97 Å². The number of methoxy groups -OCH3 is 1. The number of fused-ring (bicyclic) bond motifs is 1. The van der Waals surface area contributed by atoms with Crippen LogP contribution in [0, 0.1) is 6.92 Å². The van der Waals surface area contributed by atoms with E-state index in [9.17, 15) is 4.79 Å². The van der Waals surface area contributed by atoms with Gasteiger partial charge < -0.3 is 9.57 Å². The Morgan fingerprint density at radius 3 is 2.76 bits per heavy atom. The highest BCUT2D eigenvalue weighted by molar-refractivity contribution is 6.06. The van der Waals surface area contributed by atoms with E-state index in [0.29, 0.717) is 0 Å². The highest BCUT2D eigenvalue weighted by atomic mass is 16.7. The van der Waals surface area contributed by atoms with Gasteiger partial charge in [0.1, 0.15) is 5.75 Å². The van der Waals surface area contributed by atoms with E-state index in [2.05, 4.69) is 11.2 Å². The van der Waals surface area contributed by atoms with E-state index in [4.69, 9.17) is 9.57 Å². The molecule has 4 heteroatoms. The predicted octanol–water partition coefficient (Wildman–Crippen LogP) is 2.22. The van der Waals surface area contributed by atoms with Crippen molar-refractivity contribution < 1.29 is 14.4 Å². The molecule has 1 aliphatic rings. The van der Waals surface area contributed by atoms with Crippen molar-refractivity contribution in [1.82, 2.24) is 0 Å². The van der Waals surface area contributed by atoms with E-state index >= 15 is 0 Å². The van der Waals surface area contributed by atoms with Crippen LogP contribution in [0.1, 0.15) is 30.0 Å². The molecule has 90 valence electrons. The Labute approximate surface area is 100 Å². The van der Waals surface area contributed by atoms with Crippen LogP contribution in [-0.2, 0) is 16.1 Å². The molecule has 17 heavy (non-hydrogen) atoms. The first kappa shape index (κ1) is 11.6. The number of rotatable bonds is 2. The van der Waals surface area contributed by atoms with Crippen LogP contribution in [-0.4, -0.2) is 18.8 Å². The second-order valence-corrected chi connectivity index (χ2v) is 4.12. The average Bonchev–Trinajstić information content (AvgIpc) is 2.68. The standard InChI is InChI=1S/C13H15NO3/c1-8-6-10-4-5-11(14-17-9(2)15)13(10)12(7-8)16-3/h6-7H,4-5H2,1-3H3/b14-11-. The number of ether oxygens (including phenoxy) is 1. The molecular formula is C13H15NO3. The Bertz CT molecular complexity index is 492. The first-order chi connectivity index (χ1) is 8.11. The number of oxime groups is 1. The fraction of sp³-hybridized carbons (Fsp3) is 0.385. The summed E-state index contributed by atoms with van der Waals surface area (Å²) < 4.78 is 5.35. The normalized spacial score (nSPS) is 15.8. The quantitative estimate of drug-likeness (QED) is 0.581. The first-order valence-electron chi connectivity index (χ1n) is 5.54. The lowest BCUT2D eigenvalue weighted by molar-refractivity contribution is -0.140. The van der Waals surface area contributed by atoms with Gasteiger partial charge in [-0.2, -0.15) is 0 Å². The van der Waals surface area contributed by atoms with Crippen LogP contribution in [0.25, 0.3) is 0 Å². The van der Waals surface area contributed by atoms with Crippen molar-refractivity contribution in [2.24, 2.45) is 5.16 Å². The summed E-state index contributed by atoms with van der Waals surface area (Å²) in [4.78, 5) is 15.5. The van der Waals surface area contributed by atoms with Gasteiger partial charge in [-0.25, -0.2) is 4.79 Å². The van der Waals surface area contributed by atoms with Crippen molar-refractivity contribution >= 4 is 11.7 Å². The lowest BCUT2D eigenvalue weighted by Crippen LogP contribution is -2.02. The number of carbonyl (C=O) groups excluding carboxylic acids is 1. The van der Waals surface area contributed by atoms with Gasteiger partial charge in [0.05, 0.1) is 12.8 Å². The molecule has 1 aromatic carbocycles. The smallest absolute Gasteiger partial charge is 0.331 e. The van der Waals surface area contributed by atoms with Crippen LogP contribution in [0.5, 0.6) is 5.75 Å². The van der Waals surface area contributed by atoms with Gasteiger partial charge in [-0.1, -0.05) is 11.2 Å². The van der Waals surface area contributed by atoms with E-state index in [0.717, 1.165) is 35.4 Å². The molecule has 0 saturated heterocycles. The first-order valence-corrected chi connectivity index (χ1v) is 5.54. The third kappa shape index (κ3) is 2.30. The molecule has 0 radical (unpaired) electrons. The molecule has 2 rings (SSSR count). The van der Waals surface area contributed by atoms with E-state index in [1.54, 1.807) is 7.11 Å². The van der Waals surface area contributed by atoms with Crippen molar-refractivity contribution in [1.29, 1.82) is 0 Å². The van der Waals surface area contributed by atoms with Crippen molar-refractivity contribution in [3.8, 4) is 5.75 Å². The summed E-state index contributed by atoms with van der Waals surface area (Å²) in [6, 6.07) is 4.08. The molecule has 0 spiro atoms. The third-order valence-electron chi connectivity index (χ3n) is 2.75. The number of nitrogens with zero attached hydrogens (tertiary/aromatic N) is 1. The second-order valence-electron chi connectivity index (χ2n) is 4.12. The number of aryl methyl sites for hydroxylation is 2. The fourth-order valence-electron chi connectivity index (χ4n) is 2.10. The number of hydrogen-bond acceptors (Lipinski definition) is 4. The Hall–Kier alpha value is -1.84. The fourth-order valence-corrected chi connectivity index (χ4v) is 2.10. The number of carbonyl (C=O) groups is 1. The van der Waals surface area contributed by atoms with E-state index in [-0.39, 0.29) is 0 Å². The minimum Gasteiger partial charge on any atom is -0.496 e. The molecule has 0 atom stereocenters. The topological polar surface area (TPSA) is 47.9 Å². The van der Waals surface area contributed by atoms with Gasteiger partial charge in [-0.3, -0.25) is 0 Å². The molecule has 0 heterocycles. The van der Waals surface area contributed by atoms with E-state index in [1.165, 1.54) is 12.5 Å². The Morgan fingerprint density at radius 2 is 2.12 bits per heavy atom. The zero-order valence-corrected chi connectivity index (χ0v) is 10.2. The molecule has 0 aromatic heterocycles. The summed E-state index contributed by atoms with van der Waals surface area (Å²) in [5.41, 5.74) is 4.12. The second kappa shape index (κ2) is 4.57. The summed E-state index contributed by atoms with van der Waals surface area (Å²) in [5, 5.41) is 3.89. The number of benzene rings is 1. The minimum absolute atomic E-state index is 0.406. The summed E-state index contributed by atoms with van der Waals surface area (Å²) in [6.07, 6.45) is 1.69.